The van der Waals surface area contributed by atoms with Crippen molar-refractivity contribution >= 4 is 11.4 Å². The van der Waals surface area contributed by atoms with E-state index in [1.165, 1.54) is 5.56 Å². The molecule has 84 valence electrons. The summed E-state index contributed by atoms with van der Waals surface area (Å²) in [5.74, 6) is 0. The molecule has 0 saturated carbocycles. The fourth-order valence-electron chi connectivity index (χ4n) is 1.38. The summed E-state index contributed by atoms with van der Waals surface area (Å²) in [5.41, 5.74) is 1.34. The van der Waals surface area contributed by atoms with E-state index in [1.54, 1.807) is 0 Å². The second kappa shape index (κ2) is 7.56. The van der Waals surface area contributed by atoms with Crippen LogP contribution in [0.2, 0.25) is 0 Å². The fourth-order valence-corrected chi connectivity index (χ4v) is 1.64. The lowest BCUT2D eigenvalue weighted by Crippen LogP contribution is -1.97. The normalized spacial score (nSPS) is 12.6. The highest BCUT2D eigenvalue weighted by molar-refractivity contribution is 7.74. The molecule has 0 radical (unpaired) electrons. The number of unbranched alkanes of at least 4 members (excludes halogenated alkanes) is 2. The molecule has 0 saturated heterocycles. The number of hydrogen-bond acceptors (Lipinski definition) is 2. The zero-order valence-electron chi connectivity index (χ0n) is 8.59. The topological polar surface area (TPSA) is 46.5 Å². The molecule has 1 atom stereocenters. The predicted molar refractivity (Wildman–Crippen MR) is 60.7 cm³/mol. The van der Waals surface area contributed by atoms with Gasteiger partial charge in [-0.05, 0) is 24.8 Å². The molecule has 1 N–H and O–H groups in total. The Hall–Kier alpha value is -0.710. The molecule has 3 nitrogen and oxygen atoms in total. The van der Waals surface area contributed by atoms with Crippen LogP contribution in [0.25, 0.3) is 0 Å². The standard InChI is InChI=1S/C11H16O3S/c12-15(13)14-10-6-2-5-9-11-7-3-1-4-8-11/h1,3-4,7-8H,2,5-6,9-10H2,(H,12,13). The van der Waals surface area contributed by atoms with Crippen LogP contribution in [-0.2, 0) is 22.0 Å². The minimum atomic E-state index is -2.11. The molecule has 0 fully saturated rings. The maximum Gasteiger partial charge on any atom is 0.301 e. The number of aryl methyl sites for hydroxylation is 1. The van der Waals surface area contributed by atoms with Crippen LogP contribution in [0.15, 0.2) is 30.3 Å². The molecule has 1 unspecified atom stereocenters. The van der Waals surface area contributed by atoms with Gasteiger partial charge in [-0.2, -0.15) is 4.21 Å². The van der Waals surface area contributed by atoms with Crippen LogP contribution < -0.4 is 0 Å². The highest BCUT2D eigenvalue weighted by Crippen LogP contribution is 2.06. The minimum absolute atomic E-state index is 0.359. The Morgan fingerprint density at radius 3 is 2.53 bits per heavy atom. The summed E-state index contributed by atoms with van der Waals surface area (Å²) >= 11 is -2.11. The highest BCUT2D eigenvalue weighted by Gasteiger charge is 1.95. The molecule has 0 heterocycles. The molecular formula is C11H16O3S. The predicted octanol–water partition coefficient (Wildman–Crippen LogP) is 2.55. The minimum Gasteiger partial charge on any atom is -0.284 e. The van der Waals surface area contributed by atoms with Crippen LogP contribution in [0.1, 0.15) is 24.8 Å². The summed E-state index contributed by atoms with van der Waals surface area (Å²) in [6.07, 6.45) is 4.00. The molecule has 0 aliphatic carbocycles. The first-order chi connectivity index (χ1) is 7.29. The monoisotopic (exact) mass is 228 g/mol. The Morgan fingerprint density at radius 1 is 1.13 bits per heavy atom. The van der Waals surface area contributed by atoms with Crippen molar-refractivity contribution in [2.24, 2.45) is 0 Å². The maximum atomic E-state index is 10.1. The summed E-state index contributed by atoms with van der Waals surface area (Å²) in [6.45, 7) is 0.359. The van der Waals surface area contributed by atoms with Crippen LogP contribution in [0.3, 0.4) is 0 Å². The van der Waals surface area contributed by atoms with Gasteiger partial charge in [0.05, 0.1) is 6.61 Å². The van der Waals surface area contributed by atoms with Crippen molar-refractivity contribution < 1.29 is 12.9 Å². The van der Waals surface area contributed by atoms with Crippen LogP contribution >= 0.6 is 0 Å². The van der Waals surface area contributed by atoms with Gasteiger partial charge in [-0.1, -0.05) is 36.8 Å². The average Bonchev–Trinajstić information content (AvgIpc) is 2.24. The number of benzene rings is 1. The SMILES string of the molecule is O=S(O)OCCCCCc1ccccc1. The number of hydrogen-bond donors (Lipinski definition) is 1. The smallest absolute Gasteiger partial charge is 0.284 e. The van der Waals surface area contributed by atoms with E-state index >= 15 is 0 Å². The summed E-state index contributed by atoms with van der Waals surface area (Å²) in [6, 6.07) is 10.3. The van der Waals surface area contributed by atoms with Gasteiger partial charge in [0.15, 0.2) is 0 Å². The molecule has 4 heteroatoms. The first-order valence-electron chi connectivity index (χ1n) is 5.07. The van der Waals surface area contributed by atoms with Crippen LogP contribution in [0.4, 0.5) is 0 Å². The van der Waals surface area contributed by atoms with E-state index in [1.807, 2.05) is 18.2 Å². The Kier molecular flexibility index (Phi) is 6.23. The molecule has 1 rings (SSSR count). The van der Waals surface area contributed by atoms with Crippen LogP contribution in [0, 0.1) is 0 Å². The second-order valence-electron chi connectivity index (χ2n) is 3.34. The zero-order chi connectivity index (χ0) is 10.9. The molecule has 1 aromatic rings. The third-order valence-corrected chi connectivity index (χ3v) is 2.51. The first kappa shape index (κ1) is 12.4. The summed E-state index contributed by atoms with van der Waals surface area (Å²) in [5, 5.41) is 0. The second-order valence-corrected chi connectivity index (χ2v) is 4.01. The van der Waals surface area contributed by atoms with Gasteiger partial charge in [-0.25, -0.2) is 0 Å². The van der Waals surface area contributed by atoms with Crippen molar-refractivity contribution in [2.75, 3.05) is 6.61 Å². The van der Waals surface area contributed by atoms with E-state index < -0.39 is 11.4 Å². The average molecular weight is 228 g/mol. The van der Waals surface area contributed by atoms with Gasteiger partial charge in [-0.15, -0.1) is 0 Å². The van der Waals surface area contributed by atoms with Crippen LogP contribution in [-0.4, -0.2) is 15.4 Å². The third-order valence-electron chi connectivity index (χ3n) is 2.14. The molecular weight excluding hydrogens is 212 g/mol. The van der Waals surface area contributed by atoms with Crippen molar-refractivity contribution in [2.45, 2.75) is 25.7 Å². The van der Waals surface area contributed by atoms with Gasteiger partial charge in [0.25, 0.3) is 0 Å². The molecule has 0 spiro atoms. The summed E-state index contributed by atoms with van der Waals surface area (Å²) < 4.78 is 23.0. The summed E-state index contributed by atoms with van der Waals surface area (Å²) in [7, 11) is 0. The van der Waals surface area contributed by atoms with Crippen molar-refractivity contribution in [3.8, 4) is 0 Å². The molecule has 0 aliphatic heterocycles. The van der Waals surface area contributed by atoms with E-state index in [0.717, 1.165) is 25.7 Å². The Bertz CT molecular complexity index is 287. The number of rotatable bonds is 7. The maximum absolute atomic E-state index is 10.1. The summed E-state index contributed by atoms with van der Waals surface area (Å²) in [4.78, 5) is 0. The van der Waals surface area contributed by atoms with Crippen molar-refractivity contribution in [1.82, 2.24) is 0 Å². The lowest BCUT2D eigenvalue weighted by molar-refractivity contribution is 0.297. The first-order valence-corrected chi connectivity index (χ1v) is 6.10. The van der Waals surface area contributed by atoms with Crippen molar-refractivity contribution in [3.63, 3.8) is 0 Å². The van der Waals surface area contributed by atoms with Gasteiger partial charge in [0, 0.05) is 0 Å². The van der Waals surface area contributed by atoms with Crippen LogP contribution in [0.5, 0.6) is 0 Å². The third kappa shape index (κ3) is 6.38. The van der Waals surface area contributed by atoms with Crippen molar-refractivity contribution in [1.29, 1.82) is 0 Å². The fraction of sp³-hybridized carbons (Fsp3) is 0.455. The Balaban J connectivity index is 2.00. The molecule has 15 heavy (non-hydrogen) atoms. The molecule has 0 amide bonds. The largest absolute Gasteiger partial charge is 0.301 e. The van der Waals surface area contributed by atoms with Gasteiger partial charge in [0.1, 0.15) is 0 Å². The van der Waals surface area contributed by atoms with Gasteiger partial charge in [0.2, 0.25) is 0 Å². The lowest BCUT2D eigenvalue weighted by Gasteiger charge is -2.01. The van der Waals surface area contributed by atoms with E-state index in [0.29, 0.717) is 6.61 Å². The molecule has 0 bridgehead atoms. The molecule has 1 aromatic carbocycles. The van der Waals surface area contributed by atoms with E-state index in [2.05, 4.69) is 16.3 Å². The van der Waals surface area contributed by atoms with Gasteiger partial charge < -0.3 is 0 Å². The quantitative estimate of drug-likeness (QED) is 0.576. The van der Waals surface area contributed by atoms with E-state index in [-0.39, 0.29) is 0 Å². The Morgan fingerprint density at radius 2 is 1.87 bits per heavy atom. The lowest BCUT2D eigenvalue weighted by atomic mass is 10.1. The molecule has 0 aromatic heterocycles. The highest BCUT2D eigenvalue weighted by atomic mass is 32.2. The zero-order valence-corrected chi connectivity index (χ0v) is 9.41. The van der Waals surface area contributed by atoms with Gasteiger partial charge >= 0.3 is 11.4 Å². The molecule has 0 aliphatic rings. The Labute approximate surface area is 93.0 Å². The van der Waals surface area contributed by atoms with Crippen molar-refractivity contribution in [3.05, 3.63) is 35.9 Å². The van der Waals surface area contributed by atoms with Gasteiger partial charge in [-0.3, -0.25) is 8.74 Å². The van der Waals surface area contributed by atoms with E-state index in [9.17, 15) is 4.21 Å². The van der Waals surface area contributed by atoms with E-state index in [4.69, 9.17) is 4.55 Å².